The molecule has 1 nitrogen and oxygen atoms in total. The molecule has 0 amide bonds. The van der Waals surface area contributed by atoms with E-state index in [4.69, 9.17) is 10.8 Å². The predicted octanol–water partition coefficient (Wildman–Crippen LogP) is 5.31. The molecule has 0 radical (unpaired) electrons. The molecule has 0 aliphatic heterocycles. The molecule has 0 rings (SSSR count). The minimum absolute atomic E-state index is 0.0823. The smallest absolute Gasteiger partial charge is 0.193 e. The largest absolute Gasteiger partial charge is 0.403 e. The Balaban J connectivity index is 5.55. The van der Waals surface area contributed by atoms with Crippen LogP contribution in [0.2, 0.25) is 37.8 Å². The lowest BCUT2D eigenvalue weighted by Gasteiger charge is -2.42. The van der Waals surface area contributed by atoms with E-state index in [1.807, 2.05) is 0 Å². The quantitative estimate of drug-likeness (QED) is 0.503. The Bertz CT molecular complexity index is 445. The highest BCUT2D eigenvalue weighted by Crippen LogP contribution is 2.40. The first-order valence-electron chi connectivity index (χ1n) is 7.76. The van der Waals surface area contributed by atoms with E-state index in [2.05, 4.69) is 84.7 Å². The summed E-state index contributed by atoms with van der Waals surface area (Å²) in [6.45, 7) is 22.5. The molecule has 3 heteroatoms. The maximum atomic E-state index is 6.61. The van der Waals surface area contributed by atoms with E-state index in [0.29, 0.717) is 6.42 Å². The third-order valence-electron chi connectivity index (χ3n) is 4.06. The molecule has 21 heavy (non-hydrogen) atoms. The Kier molecular flexibility index (Phi) is 6.58. The van der Waals surface area contributed by atoms with Crippen molar-refractivity contribution in [3.63, 3.8) is 0 Å². The van der Waals surface area contributed by atoms with Crippen molar-refractivity contribution in [1.29, 1.82) is 0 Å². The third kappa shape index (κ3) is 6.87. The van der Waals surface area contributed by atoms with Crippen LogP contribution in [0.25, 0.3) is 0 Å². The highest BCUT2D eigenvalue weighted by molar-refractivity contribution is 6.83. The van der Waals surface area contributed by atoms with E-state index in [1.54, 1.807) is 0 Å². The molecular formula is C18H34OSi2. The molecule has 1 unspecified atom stereocenters. The van der Waals surface area contributed by atoms with Gasteiger partial charge in [-0.05, 0) is 18.1 Å². The van der Waals surface area contributed by atoms with Crippen molar-refractivity contribution < 1.29 is 4.43 Å². The fourth-order valence-corrected chi connectivity index (χ4v) is 3.38. The molecule has 0 aromatic rings. The molecule has 0 aromatic carbocycles. The van der Waals surface area contributed by atoms with Gasteiger partial charge in [0.1, 0.15) is 14.2 Å². The summed E-state index contributed by atoms with van der Waals surface area (Å²) in [5.74, 6) is 6.23. The van der Waals surface area contributed by atoms with Crippen molar-refractivity contribution in [3.05, 3.63) is 0 Å². The summed E-state index contributed by atoms with van der Waals surface area (Å²) in [5.41, 5.74) is 3.36. The second-order valence-corrected chi connectivity index (χ2v) is 18.7. The van der Waals surface area contributed by atoms with Gasteiger partial charge in [0, 0.05) is 11.8 Å². The molecule has 0 aliphatic carbocycles. The first kappa shape index (κ1) is 20.5. The second kappa shape index (κ2) is 6.73. The summed E-state index contributed by atoms with van der Waals surface area (Å²) in [6.07, 6.45) is 6.16. The van der Waals surface area contributed by atoms with Crippen molar-refractivity contribution in [2.45, 2.75) is 84.9 Å². The van der Waals surface area contributed by atoms with Crippen LogP contribution in [0.15, 0.2) is 0 Å². The minimum Gasteiger partial charge on any atom is -0.403 e. The summed E-state index contributed by atoms with van der Waals surface area (Å²) >= 11 is 0. The van der Waals surface area contributed by atoms with Crippen molar-refractivity contribution in [1.82, 2.24) is 0 Å². The Hall–Kier alpha value is -0.486. The zero-order valence-corrected chi connectivity index (χ0v) is 17.8. The molecule has 0 aromatic heterocycles. The molecule has 0 saturated carbocycles. The summed E-state index contributed by atoms with van der Waals surface area (Å²) < 4.78 is 6.61. The average molecular weight is 323 g/mol. The number of hydrogen-bond acceptors (Lipinski definition) is 1. The van der Waals surface area contributed by atoms with Gasteiger partial charge in [0.2, 0.25) is 0 Å². The van der Waals surface area contributed by atoms with Gasteiger partial charge in [0.05, 0.1) is 0 Å². The molecular weight excluding hydrogens is 288 g/mol. The standard InChI is InChI=1S/C18H34OSi2/c1-12-14-18(5,6)16(13-15-20(7,8)9)19-21(10,11)17(2,3)4/h1,16H,14H2,2-11H3. The van der Waals surface area contributed by atoms with E-state index in [1.165, 1.54) is 0 Å². The first-order valence-corrected chi connectivity index (χ1v) is 14.2. The first-order chi connectivity index (χ1) is 9.12. The van der Waals surface area contributed by atoms with Crippen LogP contribution in [0.5, 0.6) is 0 Å². The van der Waals surface area contributed by atoms with Crippen LogP contribution in [0.4, 0.5) is 0 Å². The van der Waals surface area contributed by atoms with Crippen LogP contribution >= 0.6 is 0 Å². The Morgan fingerprint density at radius 2 is 1.48 bits per heavy atom. The molecule has 0 spiro atoms. The lowest BCUT2D eigenvalue weighted by molar-refractivity contribution is 0.111. The van der Waals surface area contributed by atoms with Crippen LogP contribution in [-0.2, 0) is 4.43 Å². The molecule has 1 atom stereocenters. The minimum atomic E-state index is -1.86. The van der Waals surface area contributed by atoms with Gasteiger partial charge in [-0.25, -0.2) is 0 Å². The second-order valence-electron chi connectivity index (χ2n) is 9.15. The summed E-state index contributed by atoms with van der Waals surface area (Å²) in [7, 11) is -3.28. The van der Waals surface area contributed by atoms with Crippen molar-refractivity contribution in [3.8, 4) is 23.8 Å². The zero-order chi connectivity index (χ0) is 17.1. The Labute approximate surface area is 135 Å². The lowest BCUT2D eigenvalue weighted by Crippen LogP contribution is -2.47. The maximum absolute atomic E-state index is 6.61. The average Bonchev–Trinajstić information content (AvgIpc) is 2.20. The summed E-state index contributed by atoms with van der Waals surface area (Å²) in [4.78, 5) is 0. The van der Waals surface area contributed by atoms with Crippen molar-refractivity contribution >= 4 is 16.4 Å². The Morgan fingerprint density at radius 3 is 1.81 bits per heavy atom. The molecule has 0 N–H and O–H groups in total. The van der Waals surface area contributed by atoms with Gasteiger partial charge in [-0.1, -0.05) is 60.2 Å². The highest BCUT2D eigenvalue weighted by Gasteiger charge is 2.42. The number of hydrogen-bond donors (Lipinski definition) is 0. The van der Waals surface area contributed by atoms with E-state index in [9.17, 15) is 0 Å². The van der Waals surface area contributed by atoms with E-state index < -0.39 is 16.4 Å². The van der Waals surface area contributed by atoms with E-state index in [0.717, 1.165) is 0 Å². The summed E-state index contributed by atoms with van der Waals surface area (Å²) in [5, 5.41) is 0.179. The maximum Gasteiger partial charge on any atom is 0.193 e. The SMILES string of the molecule is C#CCC(C)(C)C(C#C[Si](C)(C)C)O[Si](C)(C)C(C)(C)C. The molecule has 0 bridgehead atoms. The number of terminal acetylenes is 1. The third-order valence-corrected chi connectivity index (χ3v) is 9.40. The van der Waals surface area contributed by atoms with Crippen LogP contribution in [0.3, 0.4) is 0 Å². The van der Waals surface area contributed by atoms with Gasteiger partial charge in [0.25, 0.3) is 0 Å². The zero-order valence-electron chi connectivity index (χ0n) is 15.8. The van der Waals surface area contributed by atoms with Crippen LogP contribution in [0.1, 0.15) is 41.0 Å². The summed E-state index contributed by atoms with van der Waals surface area (Å²) in [6, 6.07) is 0. The van der Waals surface area contributed by atoms with Gasteiger partial charge >= 0.3 is 0 Å². The molecule has 0 aliphatic rings. The van der Waals surface area contributed by atoms with Gasteiger partial charge in [-0.2, -0.15) is 0 Å². The van der Waals surface area contributed by atoms with Crippen LogP contribution < -0.4 is 0 Å². The molecule has 0 heterocycles. The molecule has 120 valence electrons. The predicted molar refractivity (Wildman–Crippen MR) is 100 cm³/mol. The van der Waals surface area contributed by atoms with Crippen LogP contribution in [0, 0.1) is 29.2 Å². The normalized spacial score (nSPS) is 14.9. The van der Waals surface area contributed by atoms with Gasteiger partial charge in [0.15, 0.2) is 8.32 Å². The van der Waals surface area contributed by atoms with Gasteiger partial charge < -0.3 is 4.43 Å². The topological polar surface area (TPSA) is 9.23 Å². The fourth-order valence-electron chi connectivity index (χ4n) is 1.49. The van der Waals surface area contributed by atoms with E-state index in [-0.39, 0.29) is 16.6 Å². The van der Waals surface area contributed by atoms with Crippen molar-refractivity contribution in [2.24, 2.45) is 5.41 Å². The highest BCUT2D eigenvalue weighted by atomic mass is 28.4. The van der Waals surface area contributed by atoms with Gasteiger partial charge in [-0.3, -0.25) is 0 Å². The van der Waals surface area contributed by atoms with Gasteiger partial charge in [-0.15, -0.1) is 17.9 Å². The van der Waals surface area contributed by atoms with Crippen LogP contribution in [-0.4, -0.2) is 22.5 Å². The van der Waals surface area contributed by atoms with E-state index >= 15 is 0 Å². The lowest BCUT2D eigenvalue weighted by atomic mass is 9.84. The monoisotopic (exact) mass is 322 g/mol. The Morgan fingerprint density at radius 1 is 1.00 bits per heavy atom. The fraction of sp³-hybridized carbons (Fsp3) is 0.778. The van der Waals surface area contributed by atoms with Crippen molar-refractivity contribution in [2.75, 3.05) is 0 Å². The number of rotatable bonds is 4. The molecule has 0 fully saturated rings. The molecule has 0 saturated heterocycles.